The molecule has 1 unspecified atom stereocenters. The second kappa shape index (κ2) is 8.61. The van der Waals surface area contributed by atoms with Crippen molar-refractivity contribution >= 4 is 28.6 Å². The molecule has 3 saturated heterocycles. The van der Waals surface area contributed by atoms with Crippen molar-refractivity contribution in [2.24, 2.45) is 5.92 Å². The summed E-state index contributed by atoms with van der Waals surface area (Å²) in [6, 6.07) is 7.88. The highest BCUT2D eigenvalue weighted by Crippen LogP contribution is 2.37. The molecule has 29 heavy (non-hydrogen) atoms. The summed E-state index contributed by atoms with van der Waals surface area (Å²) < 4.78 is 6.98. The molecule has 2 atom stereocenters. The molecule has 3 aliphatic rings. The molecule has 0 amide bonds. The van der Waals surface area contributed by atoms with Crippen LogP contribution >= 0.6 is 22.7 Å². The highest BCUT2D eigenvalue weighted by molar-refractivity contribution is 7.10. The van der Waals surface area contributed by atoms with E-state index < -0.39 is 11.6 Å². The maximum absolute atomic E-state index is 13.0. The number of rotatable bonds is 7. The first kappa shape index (κ1) is 20.6. The second-order valence-corrected chi connectivity index (χ2v) is 10.2. The Balaban J connectivity index is 1.42. The van der Waals surface area contributed by atoms with Gasteiger partial charge in [0.25, 0.3) is 5.60 Å². The topological polar surface area (TPSA) is 46.5 Å². The summed E-state index contributed by atoms with van der Waals surface area (Å²) in [5.41, 5.74) is -1.86. The number of nitrogens with zero attached hydrogens (tertiary/aromatic N) is 1. The molecule has 6 heteroatoms. The summed E-state index contributed by atoms with van der Waals surface area (Å²) in [7, 11) is 0. The molecule has 0 aliphatic carbocycles. The number of hydrogen-bond donors (Lipinski definition) is 1. The molecule has 0 aromatic carbocycles. The minimum atomic E-state index is -1.86. The number of hydrogen-bond acceptors (Lipinski definition) is 5. The number of piperidine rings is 3. The SMILES string of the molecule is CC#CC(O)(C(=O)O[C@H]1C[N+]2(CCCc3cccs3)CCC1CC2)c1cccs1. The van der Waals surface area contributed by atoms with Crippen molar-refractivity contribution in [2.75, 3.05) is 26.2 Å². The van der Waals surface area contributed by atoms with Gasteiger partial charge in [0.05, 0.1) is 24.5 Å². The fourth-order valence-electron chi connectivity index (χ4n) is 4.81. The Morgan fingerprint density at radius 1 is 1.28 bits per heavy atom. The lowest BCUT2D eigenvalue weighted by atomic mass is 9.83. The third-order valence-electron chi connectivity index (χ3n) is 6.41. The fraction of sp³-hybridized carbons (Fsp3) is 0.522. The number of ether oxygens (including phenoxy) is 1. The van der Waals surface area contributed by atoms with Gasteiger partial charge in [0, 0.05) is 30.1 Å². The Labute approximate surface area is 180 Å². The lowest BCUT2D eigenvalue weighted by Crippen LogP contribution is -2.65. The molecule has 2 bridgehead atoms. The standard InChI is InChI=1S/C23H28NO3S2/c1-2-11-23(26,21-8-5-16-29-21)22(25)27-20-17-24(13-9-18(20)10-14-24)12-3-6-19-7-4-15-28-19/h4-5,7-8,15-16,18,20,26H,3,6,9-10,12-14,17H2,1H3/q+1/t18?,20-,23?,24?/m0/s1. The molecule has 2 aromatic rings. The first-order chi connectivity index (χ1) is 14.0. The minimum absolute atomic E-state index is 0.128. The van der Waals surface area contributed by atoms with Crippen LogP contribution in [0, 0.1) is 17.8 Å². The van der Waals surface area contributed by atoms with E-state index in [1.807, 2.05) is 22.8 Å². The van der Waals surface area contributed by atoms with Gasteiger partial charge in [-0.3, -0.25) is 0 Å². The van der Waals surface area contributed by atoms with Gasteiger partial charge >= 0.3 is 5.97 Å². The van der Waals surface area contributed by atoms with Gasteiger partial charge in [-0.05, 0) is 36.2 Å². The third kappa shape index (κ3) is 4.29. The van der Waals surface area contributed by atoms with Crippen LogP contribution in [-0.4, -0.2) is 47.8 Å². The van der Waals surface area contributed by atoms with E-state index >= 15 is 0 Å². The number of esters is 1. The predicted molar refractivity (Wildman–Crippen MR) is 117 cm³/mol. The molecule has 0 spiro atoms. The van der Waals surface area contributed by atoms with Gasteiger partial charge in [-0.2, -0.15) is 0 Å². The number of quaternary nitrogens is 1. The minimum Gasteiger partial charge on any atom is -0.453 e. The van der Waals surface area contributed by atoms with E-state index in [0.717, 1.165) is 43.3 Å². The van der Waals surface area contributed by atoms with Crippen molar-refractivity contribution in [1.82, 2.24) is 0 Å². The van der Waals surface area contributed by atoms with Gasteiger partial charge in [0.2, 0.25) is 0 Å². The Bertz CT molecular complexity index is 873. The average molecular weight is 431 g/mol. The lowest BCUT2D eigenvalue weighted by molar-refractivity contribution is -0.946. The first-order valence-corrected chi connectivity index (χ1v) is 12.1. The monoisotopic (exact) mass is 430 g/mol. The molecule has 5 rings (SSSR count). The average Bonchev–Trinajstić information content (AvgIpc) is 3.43. The van der Waals surface area contributed by atoms with Crippen LogP contribution in [0.2, 0.25) is 0 Å². The summed E-state index contributed by atoms with van der Waals surface area (Å²) in [4.78, 5) is 15.0. The maximum Gasteiger partial charge on any atom is 0.357 e. The summed E-state index contributed by atoms with van der Waals surface area (Å²) in [5.74, 6) is 5.17. The van der Waals surface area contributed by atoms with Crippen LogP contribution in [0.5, 0.6) is 0 Å². The Kier molecular flexibility index (Phi) is 6.12. The van der Waals surface area contributed by atoms with Crippen molar-refractivity contribution in [3.05, 3.63) is 44.8 Å². The van der Waals surface area contributed by atoms with Gasteiger partial charge in [-0.1, -0.05) is 18.1 Å². The highest BCUT2D eigenvalue weighted by Gasteiger charge is 2.49. The fourth-order valence-corrected chi connectivity index (χ4v) is 6.33. The second-order valence-electron chi connectivity index (χ2n) is 8.22. The maximum atomic E-state index is 13.0. The van der Waals surface area contributed by atoms with Crippen LogP contribution in [0.25, 0.3) is 0 Å². The molecule has 1 N–H and O–H groups in total. The third-order valence-corrected chi connectivity index (χ3v) is 8.33. The number of fused-ring (bicyclic) bond motifs is 3. The predicted octanol–water partition coefficient (Wildman–Crippen LogP) is 3.81. The van der Waals surface area contributed by atoms with E-state index in [1.54, 1.807) is 13.0 Å². The van der Waals surface area contributed by atoms with Crippen LogP contribution in [0.3, 0.4) is 0 Å². The molecule has 4 nitrogen and oxygen atoms in total. The van der Waals surface area contributed by atoms with Crippen molar-refractivity contribution in [3.63, 3.8) is 0 Å². The normalized spacial score (nSPS) is 27.7. The van der Waals surface area contributed by atoms with Crippen molar-refractivity contribution in [3.8, 4) is 11.8 Å². The van der Waals surface area contributed by atoms with E-state index in [1.165, 1.54) is 29.3 Å². The lowest BCUT2D eigenvalue weighted by Gasteiger charge is -2.52. The summed E-state index contributed by atoms with van der Waals surface area (Å²) in [6.45, 7) is 5.97. The van der Waals surface area contributed by atoms with Gasteiger partial charge in [-0.25, -0.2) is 4.79 Å². The zero-order chi connectivity index (χ0) is 20.3. The summed E-state index contributed by atoms with van der Waals surface area (Å²) in [5, 5.41) is 15.0. The van der Waals surface area contributed by atoms with Crippen molar-refractivity contribution < 1.29 is 19.1 Å². The summed E-state index contributed by atoms with van der Waals surface area (Å²) >= 11 is 3.15. The van der Waals surface area contributed by atoms with Crippen LogP contribution < -0.4 is 0 Å². The number of aliphatic hydroxyl groups is 1. The number of thiophene rings is 2. The van der Waals surface area contributed by atoms with E-state index in [0.29, 0.717) is 10.8 Å². The molecule has 3 fully saturated rings. The molecular weight excluding hydrogens is 402 g/mol. The first-order valence-electron chi connectivity index (χ1n) is 10.3. The molecule has 0 radical (unpaired) electrons. The van der Waals surface area contributed by atoms with Gasteiger partial charge in [0.1, 0.15) is 6.54 Å². The van der Waals surface area contributed by atoms with Crippen LogP contribution in [0.4, 0.5) is 0 Å². The number of carbonyl (C=O) groups excluding carboxylic acids is 1. The highest BCUT2D eigenvalue weighted by atomic mass is 32.1. The van der Waals surface area contributed by atoms with E-state index in [-0.39, 0.29) is 6.10 Å². The Morgan fingerprint density at radius 2 is 2.03 bits per heavy atom. The zero-order valence-corrected chi connectivity index (χ0v) is 18.4. The zero-order valence-electron chi connectivity index (χ0n) is 16.8. The molecular formula is C23H28NO3S2+. The van der Waals surface area contributed by atoms with Gasteiger partial charge in [0.15, 0.2) is 6.10 Å². The molecule has 3 aliphatic heterocycles. The van der Waals surface area contributed by atoms with Crippen molar-refractivity contribution in [1.29, 1.82) is 0 Å². The number of aryl methyl sites for hydroxylation is 1. The van der Waals surface area contributed by atoms with E-state index in [4.69, 9.17) is 4.74 Å². The van der Waals surface area contributed by atoms with E-state index in [2.05, 4.69) is 29.4 Å². The van der Waals surface area contributed by atoms with Crippen LogP contribution in [0.15, 0.2) is 35.0 Å². The Morgan fingerprint density at radius 3 is 2.69 bits per heavy atom. The number of carbonyl (C=O) groups is 1. The molecule has 5 heterocycles. The van der Waals surface area contributed by atoms with Crippen LogP contribution in [0.1, 0.15) is 35.9 Å². The molecule has 0 saturated carbocycles. The quantitative estimate of drug-likeness (QED) is 0.413. The van der Waals surface area contributed by atoms with Gasteiger partial charge in [-0.15, -0.1) is 28.6 Å². The van der Waals surface area contributed by atoms with E-state index in [9.17, 15) is 9.90 Å². The molecule has 154 valence electrons. The van der Waals surface area contributed by atoms with Crippen LogP contribution in [-0.2, 0) is 21.6 Å². The Hall–Kier alpha value is -1.65. The smallest absolute Gasteiger partial charge is 0.357 e. The summed E-state index contributed by atoms with van der Waals surface area (Å²) in [6.07, 6.45) is 4.33. The van der Waals surface area contributed by atoms with Gasteiger partial charge < -0.3 is 14.3 Å². The molecule has 2 aromatic heterocycles. The largest absolute Gasteiger partial charge is 0.453 e. The van der Waals surface area contributed by atoms with Crippen molar-refractivity contribution in [2.45, 2.75) is 44.3 Å².